The highest BCUT2D eigenvalue weighted by Crippen LogP contribution is 2.51. The van der Waals surface area contributed by atoms with Crippen molar-refractivity contribution in [3.63, 3.8) is 0 Å². The van der Waals surface area contributed by atoms with Gasteiger partial charge < -0.3 is 4.90 Å². The van der Waals surface area contributed by atoms with E-state index in [1.165, 1.54) is 50.1 Å². The molecule has 3 heteroatoms. The van der Waals surface area contributed by atoms with Crippen molar-refractivity contribution in [3.8, 4) is 44.6 Å². The Labute approximate surface area is 380 Å². The molecular formula is C62H46N3+. The van der Waals surface area contributed by atoms with Gasteiger partial charge in [-0.1, -0.05) is 196 Å². The molecule has 1 aromatic heterocycles. The van der Waals surface area contributed by atoms with Gasteiger partial charge in [-0.25, -0.2) is 0 Å². The molecule has 65 heavy (non-hydrogen) atoms. The van der Waals surface area contributed by atoms with Crippen LogP contribution in [0.3, 0.4) is 0 Å². The fraction of sp³-hybridized carbons (Fsp3) is 0.0645. The van der Waals surface area contributed by atoms with Crippen LogP contribution in [0, 0.1) is 0 Å². The monoisotopic (exact) mass is 832 g/mol. The second kappa shape index (κ2) is 15.6. The number of hydrogen-bond donors (Lipinski definition) is 0. The van der Waals surface area contributed by atoms with Gasteiger partial charge in [0.05, 0.1) is 11.0 Å². The first kappa shape index (κ1) is 38.5. The van der Waals surface area contributed by atoms with Crippen LogP contribution < -0.4 is 14.6 Å². The molecule has 1 aliphatic heterocycles. The zero-order valence-electron chi connectivity index (χ0n) is 36.4. The van der Waals surface area contributed by atoms with E-state index in [4.69, 9.17) is 5.11 Å². The van der Waals surface area contributed by atoms with Crippen molar-refractivity contribution < 1.29 is 4.36 Å². The molecule has 0 saturated carbocycles. The molecule has 0 bridgehead atoms. The third kappa shape index (κ3) is 6.59. The minimum atomic E-state index is -0.193. The summed E-state index contributed by atoms with van der Waals surface area (Å²) in [6, 6.07) is 85.9. The van der Waals surface area contributed by atoms with Gasteiger partial charge in [0, 0.05) is 34.1 Å². The third-order valence-corrected chi connectivity index (χ3v) is 13.6. The summed E-state index contributed by atoms with van der Waals surface area (Å²) in [5.41, 5.74) is 19.0. The maximum atomic E-state index is 5.60. The molecular weight excluding hydrogens is 787 g/mol. The number of pyridine rings is 1. The van der Waals surface area contributed by atoms with Gasteiger partial charge in [-0.05, 0) is 119 Å². The summed E-state index contributed by atoms with van der Waals surface area (Å²) < 4.78 is 2.22. The molecule has 3 nitrogen and oxygen atoms in total. The first-order chi connectivity index (χ1) is 32.0. The Balaban J connectivity index is 1.07. The standard InChI is InChI=1S/C62H46N3/c1-62(2)56-26-16-15-25-53(56)54-38-37-52(41-57(54)62)64(50-34-31-45(32-35-50)44-29-27-43(28-30-44)42-17-7-3-8-18-42)51-36-33-49-39-58(46-19-9-4-10-20-46)65-61(55(49)40-51)59(47-21-11-5-12-22-47)60(63-65)48-23-13-6-14-24-48/h3-41,60H,1-2H3/q+1. The minimum absolute atomic E-state index is 0.147. The molecule has 308 valence electrons. The summed E-state index contributed by atoms with van der Waals surface area (Å²) in [6.07, 6.45) is 0. The molecule has 10 aromatic rings. The van der Waals surface area contributed by atoms with Crippen LogP contribution in [0.5, 0.6) is 0 Å². The van der Waals surface area contributed by atoms with Crippen LogP contribution in [-0.2, 0) is 5.41 Å². The van der Waals surface area contributed by atoms with Crippen molar-refractivity contribution in [1.29, 1.82) is 0 Å². The molecule has 0 radical (unpaired) electrons. The van der Waals surface area contributed by atoms with Crippen LogP contribution in [-0.4, -0.2) is 0 Å². The average molecular weight is 833 g/mol. The fourth-order valence-corrected chi connectivity index (χ4v) is 10.3. The number of rotatable bonds is 8. The van der Waals surface area contributed by atoms with Crippen LogP contribution in [0.4, 0.5) is 17.1 Å². The fourth-order valence-electron chi connectivity index (χ4n) is 10.3. The molecule has 2 heterocycles. The zero-order valence-corrected chi connectivity index (χ0v) is 36.4. The number of nitrogens with zero attached hydrogens (tertiary/aromatic N) is 3. The molecule has 1 aliphatic carbocycles. The van der Waals surface area contributed by atoms with E-state index >= 15 is 0 Å². The van der Waals surface area contributed by atoms with Crippen molar-refractivity contribution in [2.75, 3.05) is 4.90 Å². The average Bonchev–Trinajstić information content (AvgIpc) is 3.88. The Kier molecular flexibility index (Phi) is 9.24. The Morgan fingerprint density at radius 1 is 0.415 bits per heavy atom. The van der Waals surface area contributed by atoms with Gasteiger partial charge in [0.1, 0.15) is 0 Å². The van der Waals surface area contributed by atoms with Gasteiger partial charge in [0.15, 0.2) is 6.04 Å². The molecule has 9 aromatic carbocycles. The number of benzene rings is 9. The van der Waals surface area contributed by atoms with Crippen LogP contribution in [0.2, 0.25) is 0 Å². The van der Waals surface area contributed by atoms with Crippen molar-refractivity contribution in [2.24, 2.45) is 5.11 Å². The van der Waals surface area contributed by atoms with E-state index in [1.54, 1.807) is 0 Å². The summed E-state index contributed by atoms with van der Waals surface area (Å²) >= 11 is 0. The van der Waals surface area contributed by atoms with Crippen LogP contribution in [0.15, 0.2) is 242 Å². The lowest BCUT2D eigenvalue weighted by atomic mass is 9.82. The first-order valence-electron chi connectivity index (χ1n) is 22.6. The summed E-state index contributed by atoms with van der Waals surface area (Å²) in [7, 11) is 0. The van der Waals surface area contributed by atoms with Gasteiger partial charge >= 0.3 is 0 Å². The lowest BCUT2D eigenvalue weighted by Crippen LogP contribution is -2.38. The lowest BCUT2D eigenvalue weighted by Gasteiger charge is -2.28. The van der Waals surface area contributed by atoms with E-state index in [0.29, 0.717) is 0 Å². The van der Waals surface area contributed by atoms with E-state index in [1.807, 2.05) is 0 Å². The topological polar surface area (TPSA) is 21.5 Å². The Bertz CT molecular complexity index is 3530. The van der Waals surface area contributed by atoms with E-state index in [0.717, 1.165) is 55.6 Å². The van der Waals surface area contributed by atoms with E-state index < -0.39 is 0 Å². The molecule has 1 atom stereocenters. The number of aromatic nitrogens is 1. The van der Waals surface area contributed by atoms with E-state index in [9.17, 15) is 0 Å². The van der Waals surface area contributed by atoms with Crippen molar-refractivity contribution in [1.82, 2.24) is 0 Å². The SMILES string of the molecule is CC1(C)c2ccccc2-c2ccc(N(c3ccc(-c4ccc(-c5ccccc5)cc4)cc3)c3ccc4cc(-c5ccccc5)[n+]5c(c4c3)=C(c3ccccc3)C(c3ccccc3)N=5)cc21. The van der Waals surface area contributed by atoms with Crippen molar-refractivity contribution >= 4 is 33.4 Å². The van der Waals surface area contributed by atoms with Crippen LogP contribution in [0.1, 0.15) is 42.1 Å². The number of hydrogen-bond acceptors (Lipinski definition) is 2. The van der Waals surface area contributed by atoms with E-state index in [2.05, 4.69) is 260 Å². The predicted molar refractivity (Wildman–Crippen MR) is 268 cm³/mol. The highest BCUT2D eigenvalue weighted by Gasteiger charge is 2.37. The van der Waals surface area contributed by atoms with Gasteiger partial charge in [-0.15, -0.1) is 0 Å². The molecule has 0 fully saturated rings. The highest BCUT2D eigenvalue weighted by molar-refractivity contribution is 5.94. The molecule has 1 unspecified atom stereocenters. The van der Waals surface area contributed by atoms with Crippen molar-refractivity contribution in [3.05, 3.63) is 264 Å². The highest BCUT2D eigenvalue weighted by atomic mass is 15.2. The number of anilines is 3. The summed E-state index contributed by atoms with van der Waals surface area (Å²) in [4.78, 5) is 2.44. The van der Waals surface area contributed by atoms with Gasteiger partial charge in [0.25, 0.3) is 5.35 Å². The Hall–Kier alpha value is -8.14. The molecule has 0 spiro atoms. The quantitative estimate of drug-likeness (QED) is 0.140. The summed E-state index contributed by atoms with van der Waals surface area (Å²) in [5.74, 6) is 0. The summed E-state index contributed by atoms with van der Waals surface area (Å²) in [5, 5.41) is 9.03. The minimum Gasteiger partial charge on any atom is -0.310 e. The van der Waals surface area contributed by atoms with Gasteiger partial charge in [-0.3, -0.25) is 0 Å². The second-order valence-electron chi connectivity index (χ2n) is 17.8. The van der Waals surface area contributed by atoms with Gasteiger partial charge in [0.2, 0.25) is 5.69 Å². The lowest BCUT2D eigenvalue weighted by molar-refractivity contribution is -0.546. The third-order valence-electron chi connectivity index (χ3n) is 13.6. The molecule has 0 amide bonds. The van der Waals surface area contributed by atoms with Crippen LogP contribution >= 0.6 is 0 Å². The summed E-state index contributed by atoms with van der Waals surface area (Å²) in [6.45, 7) is 4.72. The van der Waals surface area contributed by atoms with E-state index in [-0.39, 0.29) is 11.5 Å². The number of fused-ring (bicyclic) bond motifs is 6. The molecule has 12 rings (SSSR count). The Morgan fingerprint density at radius 2 is 0.908 bits per heavy atom. The molecule has 0 saturated heterocycles. The first-order valence-corrected chi connectivity index (χ1v) is 22.6. The zero-order chi connectivity index (χ0) is 43.5. The molecule has 2 aliphatic rings. The Morgan fingerprint density at radius 3 is 1.57 bits per heavy atom. The molecule has 0 N–H and O–H groups in total. The maximum absolute atomic E-state index is 5.60. The normalized spacial score (nSPS) is 14.4. The van der Waals surface area contributed by atoms with Crippen molar-refractivity contribution in [2.45, 2.75) is 25.3 Å². The van der Waals surface area contributed by atoms with Crippen LogP contribution in [0.25, 0.3) is 61.0 Å². The smallest absolute Gasteiger partial charge is 0.252 e. The van der Waals surface area contributed by atoms with Gasteiger partial charge in [-0.2, -0.15) is 0 Å². The predicted octanol–water partition coefficient (Wildman–Crippen LogP) is 14.9. The second-order valence-corrected chi connectivity index (χ2v) is 17.8. The maximum Gasteiger partial charge on any atom is 0.252 e. The largest absolute Gasteiger partial charge is 0.310 e.